The molecule has 0 spiro atoms. The van der Waals surface area contributed by atoms with Crippen molar-refractivity contribution in [1.29, 1.82) is 0 Å². The fraction of sp³-hybridized carbons (Fsp3) is 0.143. The molecule has 3 rings (SSSR count). The molecule has 27 heavy (non-hydrogen) atoms. The predicted molar refractivity (Wildman–Crippen MR) is 109 cm³/mol. The van der Waals surface area contributed by atoms with Crippen molar-refractivity contribution in [3.05, 3.63) is 99.5 Å². The summed E-state index contributed by atoms with van der Waals surface area (Å²) in [7, 11) is -3.77. The van der Waals surface area contributed by atoms with Crippen molar-refractivity contribution in [2.45, 2.75) is 17.4 Å². The second kappa shape index (κ2) is 7.64. The Hall–Kier alpha value is -1.85. The van der Waals surface area contributed by atoms with Crippen LogP contribution in [0.25, 0.3) is 0 Å². The highest BCUT2D eigenvalue weighted by Crippen LogP contribution is 2.34. The second-order valence-electron chi connectivity index (χ2n) is 6.45. The molecule has 0 saturated heterocycles. The molecule has 0 aliphatic rings. The van der Waals surface area contributed by atoms with Gasteiger partial charge in [0.2, 0.25) is 0 Å². The third-order valence-electron chi connectivity index (χ3n) is 4.39. The van der Waals surface area contributed by atoms with Crippen LogP contribution in [0.2, 0.25) is 10.0 Å². The molecule has 1 N–H and O–H groups in total. The van der Waals surface area contributed by atoms with Gasteiger partial charge in [0.05, 0.1) is 10.6 Å². The molecule has 0 bridgehead atoms. The van der Waals surface area contributed by atoms with E-state index in [1.165, 1.54) is 6.07 Å². The molecule has 0 heterocycles. The van der Waals surface area contributed by atoms with E-state index in [1.54, 1.807) is 60.7 Å². The molecule has 3 aromatic rings. The summed E-state index contributed by atoms with van der Waals surface area (Å²) < 4.78 is 26.1. The van der Waals surface area contributed by atoms with Crippen molar-refractivity contribution < 1.29 is 13.5 Å². The number of aliphatic hydroxyl groups is 1. The molecule has 0 unspecified atom stereocenters. The summed E-state index contributed by atoms with van der Waals surface area (Å²) in [5, 5.41) is 12.5. The summed E-state index contributed by atoms with van der Waals surface area (Å²) in [5.41, 5.74) is -0.0499. The van der Waals surface area contributed by atoms with Gasteiger partial charge in [-0.15, -0.1) is 0 Å². The third kappa shape index (κ3) is 4.36. The molecule has 0 aliphatic heterocycles. The molecule has 0 saturated carbocycles. The third-order valence-corrected chi connectivity index (χ3v) is 6.67. The topological polar surface area (TPSA) is 54.4 Å². The van der Waals surface area contributed by atoms with E-state index >= 15 is 0 Å². The first-order valence-corrected chi connectivity index (χ1v) is 10.7. The van der Waals surface area contributed by atoms with Crippen LogP contribution in [0.4, 0.5) is 0 Å². The van der Waals surface area contributed by atoms with Gasteiger partial charge >= 0.3 is 0 Å². The number of halogens is 2. The Balaban J connectivity index is 2.12. The lowest BCUT2D eigenvalue weighted by atomic mass is 9.88. The van der Waals surface area contributed by atoms with E-state index < -0.39 is 21.2 Å². The maximum atomic E-state index is 13.1. The lowest BCUT2D eigenvalue weighted by molar-refractivity contribution is 0.105. The van der Waals surface area contributed by atoms with Crippen molar-refractivity contribution >= 4 is 33.0 Å². The smallest absolute Gasteiger partial charge is 0.181 e. The Morgan fingerprint density at radius 3 is 1.78 bits per heavy atom. The molecule has 0 amide bonds. The standard InChI is InChI=1S/C21H18Cl2O3S/c1-15-3-2-4-20(13-15)27(25,26)14-21(24,16-5-9-18(22)10-6-16)17-7-11-19(23)12-8-17/h2-13,24H,14H2,1H3. The summed E-state index contributed by atoms with van der Waals surface area (Å²) in [5.74, 6) is -0.507. The first-order valence-electron chi connectivity index (χ1n) is 8.25. The lowest BCUT2D eigenvalue weighted by Gasteiger charge is -2.29. The van der Waals surface area contributed by atoms with Crippen LogP contribution in [-0.4, -0.2) is 19.3 Å². The summed E-state index contributed by atoms with van der Waals surface area (Å²) in [6.45, 7) is 1.82. The molecule has 0 atom stereocenters. The summed E-state index contributed by atoms with van der Waals surface area (Å²) >= 11 is 11.9. The maximum Gasteiger partial charge on any atom is 0.181 e. The van der Waals surface area contributed by atoms with Crippen molar-refractivity contribution in [2.24, 2.45) is 0 Å². The SMILES string of the molecule is Cc1cccc(S(=O)(=O)CC(O)(c2ccc(Cl)cc2)c2ccc(Cl)cc2)c1. The number of rotatable bonds is 5. The van der Waals surface area contributed by atoms with Crippen LogP contribution in [-0.2, 0) is 15.4 Å². The minimum absolute atomic E-state index is 0.170. The molecular formula is C21H18Cl2O3S. The van der Waals surface area contributed by atoms with Crippen LogP contribution in [0.15, 0.2) is 77.7 Å². The van der Waals surface area contributed by atoms with Crippen molar-refractivity contribution in [3.63, 3.8) is 0 Å². The normalized spacial score (nSPS) is 12.1. The zero-order valence-corrected chi connectivity index (χ0v) is 16.9. The number of hydrogen-bond donors (Lipinski definition) is 1. The average Bonchev–Trinajstić information content (AvgIpc) is 2.62. The van der Waals surface area contributed by atoms with Gasteiger partial charge in [0.1, 0.15) is 5.60 Å². The van der Waals surface area contributed by atoms with Gasteiger partial charge in [-0.2, -0.15) is 0 Å². The van der Waals surface area contributed by atoms with Gasteiger partial charge in [0.15, 0.2) is 9.84 Å². The van der Waals surface area contributed by atoms with Gasteiger partial charge < -0.3 is 5.11 Å². The van der Waals surface area contributed by atoms with Crippen LogP contribution >= 0.6 is 23.2 Å². The van der Waals surface area contributed by atoms with Gasteiger partial charge in [-0.25, -0.2) is 8.42 Å². The number of hydrogen-bond acceptors (Lipinski definition) is 3. The van der Waals surface area contributed by atoms with Crippen LogP contribution in [0, 0.1) is 6.92 Å². The Morgan fingerprint density at radius 1 is 0.852 bits per heavy atom. The van der Waals surface area contributed by atoms with E-state index in [-0.39, 0.29) is 4.90 Å². The quantitative estimate of drug-likeness (QED) is 0.630. The Kier molecular flexibility index (Phi) is 5.63. The van der Waals surface area contributed by atoms with Gasteiger partial charge in [-0.1, -0.05) is 59.6 Å². The zero-order valence-electron chi connectivity index (χ0n) is 14.6. The minimum atomic E-state index is -3.77. The predicted octanol–water partition coefficient (Wildman–Crippen LogP) is 5.01. The first kappa shape index (κ1) is 19.9. The number of sulfone groups is 1. The summed E-state index contributed by atoms with van der Waals surface area (Å²) in [4.78, 5) is 0.170. The largest absolute Gasteiger partial charge is 0.379 e. The highest BCUT2D eigenvalue weighted by atomic mass is 35.5. The summed E-state index contributed by atoms with van der Waals surface area (Å²) in [6, 6.07) is 19.6. The highest BCUT2D eigenvalue weighted by Gasteiger charge is 2.37. The molecule has 3 nitrogen and oxygen atoms in total. The minimum Gasteiger partial charge on any atom is -0.379 e. The Morgan fingerprint density at radius 2 is 1.33 bits per heavy atom. The van der Waals surface area contributed by atoms with E-state index in [4.69, 9.17) is 23.2 Å². The van der Waals surface area contributed by atoms with Crippen LogP contribution in [0.1, 0.15) is 16.7 Å². The van der Waals surface area contributed by atoms with Gasteiger partial charge in [-0.05, 0) is 60.0 Å². The van der Waals surface area contributed by atoms with E-state index in [1.807, 2.05) is 13.0 Å². The average molecular weight is 421 g/mol. The van der Waals surface area contributed by atoms with Crippen molar-refractivity contribution in [3.8, 4) is 0 Å². The van der Waals surface area contributed by atoms with Crippen LogP contribution in [0.5, 0.6) is 0 Å². The van der Waals surface area contributed by atoms with Crippen molar-refractivity contribution in [1.82, 2.24) is 0 Å². The maximum absolute atomic E-state index is 13.1. The fourth-order valence-electron chi connectivity index (χ4n) is 2.95. The molecule has 6 heteroatoms. The Bertz CT molecular complexity index is 998. The van der Waals surface area contributed by atoms with Crippen molar-refractivity contribution in [2.75, 3.05) is 5.75 Å². The number of benzene rings is 3. The molecular weight excluding hydrogens is 403 g/mol. The second-order valence-corrected chi connectivity index (χ2v) is 9.31. The van der Waals surface area contributed by atoms with E-state index in [9.17, 15) is 13.5 Å². The lowest BCUT2D eigenvalue weighted by Crippen LogP contribution is -2.36. The molecule has 0 radical (unpaired) electrons. The van der Waals surface area contributed by atoms with Gasteiger partial charge in [-0.3, -0.25) is 0 Å². The van der Waals surface area contributed by atoms with E-state index in [0.717, 1.165) is 5.56 Å². The molecule has 0 fully saturated rings. The monoisotopic (exact) mass is 420 g/mol. The van der Waals surface area contributed by atoms with E-state index in [0.29, 0.717) is 21.2 Å². The molecule has 3 aromatic carbocycles. The Labute approximate surface area is 169 Å². The molecule has 140 valence electrons. The van der Waals surface area contributed by atoms with E-state index in [2.05, 4.69) is 0 Å². The van der Waals surface area contributed by atoms with Gasteiger partial charge in [0.25, 0.3) is 0 Å². The summed E-state index contributed by atoms with van der Waals surface area (Å²) in [6.07, 6.45) is 0. The molecule has 0 aromatic heterocycles. The molecule has 0 aliphatic carbocycles. The van der Waals surface area contributed by atoms with Crippen LogP contribution in [0.3, 0.4) is 0 Å². The fourth-order valence-corrected chi connectivity index (χ4v) is 4.91. The highest BCUT2D eigenvalue weighted by molar-refractivity contribution is 7.91. The first-order chi connectivity index (χ1) is 12.7. The van der Waals surface area contributed by atoms with Crippen LogP contribution < -0.4 is 0 Å². The number of aryl methyl sites for hydroxylation is 1. The zero-order chi connectivity index (χ0) is 19.7. The van der Waals surface area contributed by atoms with Gasteiger partial charge in [0, 0.05) is 10.0 Å².